The van der Waals surface area contributed by atoms with E-state index in [1.165, 1.54) is 6.92 Å². The molecule has 0 aromatic carbocycles. The molecule has 0 bridgehead atoms. The van der Waals surface area contributed by atoms with Gasteiger partial charge in [-0.1, -0.05) is 0 Å². The molecule has 0 aliphatic rings. The quantitative estimate of drug-likeness (QED) is 0.717. The minimum absolute atomic E-state index is 0.0657. The fourth-order valence-electron chi connectivity index (χ4n) is 1.59. The Morgan fingerprint density at radius 2 is 2.33 bits per heavy atom. The second-order valence-electron chi connectivity index (χ2n) is 4.47. The number of nitrogens with one attached hydrogen (secondary N) is 2. The van der Waals surface area contributed by atoms with E-state index < -0.39 is 5.60 Å². The van der Waals surface area contributed by atoms with E-state index in [2.05, 4.69) is 10.6 Å². The fourth-order valence-corrected chi connectivity index (χ4v) is 3.11. The molecule has 3 N–H and O–H groups in total. The first-order valence-electron chi connectivity index (χ1n) is 5.70. The third kappa shape index (κ3) is 5.39. The smallest absolute Gasteiger partial charge is 0.221 e. The van der Waals surface area contributed by atoms with Gasteiger partial charge in [-0.15, -0.1) is 11.3 Å². The summed E-state index contributed by atoms with van der Waals surface area (Å²) in [5.74, 6) is 0.632. The van der Waals surface area contributed by atoms with Crippen molar-refractivity contribution in [2.75, 3.05) is 23.9 Å². The molecule has 102 valence electrons. The Morgan fingerprint density at radius 3 is 2.94 bits per heavy atom. The van der Waals surface area contributed by atoms with Crippen molar-refractivity contribution in [3.8, 4) is 0 Å². The third-order valence-corrected chi connectivity index (χ3v) is 4.13. The molecule has 0 aliphatic carbocycles. The molecule has 1 atom stereocenters. The highest BCUT2D eigenvalue weighted by atomic mass is 32.2. The van der Waals surface area contributed by atoms with E-state index in [1.54, 1.807) is 23.1 Å². The molecule has 1 rings (SSSR count). The Kier molecular flexibility index (Phi) is 6.14. The number of thiophene rings is 1. The lowest BCUT2D eigenvalue weighted by atomic mass is 10.1. The second-order valence-corrected chi connectivity index (χ2v) is 6.34. The lowest BCUT2D eigenvalue weighted by molar-refractivity contribution is -0.114. The molecule has 0 radical (unpaired) electrons. The van der Waals surface area contributed by atoms with Gasteiger partial charge < -0.3 is 15.7 Å². The molecular formula is C12H20N2O2S2. The van der Waals surface area contributed by atoms with Gasteiger partial charge in [-0.2, -0.15) is 11.8 Å². The van der Waals surface area contributed by atoms with Crippen molar-refractivity contribution in [3.05, 3.63) is 16.3 Å². The van der Waals surface area contributed by atoms with Gasteiger partial charge in [-0.05, 0) is 24.6 Å². The maximum atomic E-state index is 11.0. The van der Waals surface area contributed by atoms with Crippen LogP contribution in [0.5, 0.6) is 0 Å². The van der Waals surface area contributed by atoms with Gasteiger partial charge in [0.1, 0.15) is 0 Å². The van der Waals surface area contributed by atoms with Crippen molar-refractivity contribution in [2.24, 2.45) is 0 Å². The van der Waals surface area contributed by atoms with Gasteiger partial charge in [-0.3, -0.25) is 4.79 Å². The zero-order valence-electron chi connectivity index (χ0n) is 10.9. The van der Waals surface area contributed by atoms with Crippen LogP contribution in [0.15, 0.2) is 11.4 Å². The zero-order chi connectivity index (χ0) is 13.6. The Morgan fingerprint density at radius 1 is 1.61 bits per heavy atom. The number of hydrogen-bond acceptors (Lipinski definition) is 5. The summed E-state index contributed by atoms with van der Waals surface area (Å²) in [5, 5.41) is 18.0. The van der Waals surface area contributed by atoms with Crippen molar-refractivity contribution in [3.63, 3.8) is 0 Å². The Bertz CT molecular complexity index is 391. The molecule has 1 aromatic rings. The lowest BCUT2D eigenvalue weighted by Crippen LogP contribution is -2.39. The standard InChI is InChI=1S/C12H20N2O2S2/c1-9(15)14-10-4-5-18-11(10)6-13-7-12(2,16)8-17-3/h4-5,13,16H,6-8H2,1-3H3,(H,14,15). The second kappa shape index (κ2) is 7.13. The van der Waals surface area contributed by atoms with Crippen LogP contribution in [0, 0.1) is 0 Å². The maximum Gasteiger partial charge on any atom is 0.221 e. The van der Waals surface area contributed by atoms with E-state index >= 15 is 0 Å². The van der Waals surface area contributed by atoms with Crippen LogP contribution in [0.3, 0.4) is 0 Å². The minimum Gasteiger partial charge on any atom is -0.388 e. The van der Waals surface area contributed by atoms with E-state index in [1.807, 2.05) is 24.6 Å². The van der Waals surface area contributed by atoms with Crippen LogP contribution in [-0.4, -0.2) is 35.2 Å². The molecule has 4 nitrogen and oxygen atoms in total. The first kappa shape index (κ1) is 15.5. The van der Waals surface area contributed by atoms with E-state index in [9.17, 15) is 9.90 Å². The van der Waals surface area contributed by atoms with Crippen LogP contribution in [-0.2, 0) is 11.3 Å². The molecule has 1 amide bonds. The van der Waals surface area contributed by atoms with Gasteiger partial charge in [-0.25, -0.2) is 0 Å². The molecule has 0 aliphatic heterocycles. The van der Waals surface area contributed by atoms with Crippen molar-refractivity contribution in [2.45, 2.75) is 26.0 Å². The molecule has 0 saturated carbocycles. The van der Waals surface area contributed by atoms with Gasteiger partial charge >= 0.3 is 0 Å². The zero-order valence-corrected chi connectivity index (χ0v) is 12.6. The Balaban J connectivity index is 2.44. The predicted molar refractivity (Wildman–Crippen MR) is 79.3 cm³/mol. The van der Waals surface area contributed by atoms with Crippen molar-refractivity contribution in [1.29, 1.82) is 0 Å². The average molecular weight is 288 g/mol. The van der Waals surface area contributed by atoms with Gasteiger partial charge in [0.25, 0.3) is 0 Å². The molecule has 0 spiro atoms. The summed E-state index contributed by atoms with van der Waals surface area (Å²) in [6.45, 7) is 4.50. The molecule has 6 heteroatoms. The topological polar surface area (TPSA) is 61.4 Å². The number of amides is 1. The van der Waals surface area contributed by atoms with E-state index in [0.29, 0.717) is 18.8 Å². The summed E-state index contributed by atoms with van der Waals surface area (Å²) in [4.78, 5) is 12.1. The predicted octanol–water partition coefficient (Wildman–Crippen LogP) is 1.91. The SMILES string of the molecule is CSCC(C)(O)CNCc1sccc1NC(C)=O. The Hall–Kier alpha value is -0.560. The van der Waals surface area contributed by atoms with Crippen LogP contribution in [0.4, 0.5) is 5.69 Å². The van der Waals surface area contributed by atoms with Gasteiger partial charge in [0.2, 0.25) is 5.91 Å². The summed E-state index contributed by atoms with van der Waals surface area (Å²) in [6, 6.07) is 1.89. The highest BCUT2D eigenvalue weighted by Crippen LogP contribution is 2.22. The summed E-state index contributed by atoms with van der Waals surface area (Å²) in [5.41, 5.74) is 0.148. The van der Waals surface area contributed by atoms with E-state index in [-0.39, 0.29) is 5.91 Å². The van der Waals surface area contributed by atoms with Crippen LogP contribution < -0.4 is 10.6 Å². The van der Waals surface area contributed by atoms with Gasteiger partial charge in [0.05, 0.1) is 11.3 Å². The van der Waals surface area contributed by atoms with Crippen LogP contribution in [0.1, 0.15) is 18.7 Å². The third-order valence-electron chi connectivity index (χ3n) is 2.30. The van der Waals surface area contributed by atoms with Crippen molar-refractivity contribution < 1.29 is 9.90 Å². The van der Waals surface area contributed by atoms with Crippen LogP contribution >= 0.6 is 23.1 Å². The summed E-state index contributed by atoms with van der Waals surface area (Å²) < 4.78 is 0. The highest BCUT2D eigenvalue weighted by molar-refractivity contribution is 7.98. The average Bonchev–Trinajstić information content (AvgIpc) is 2.64. The van der Waals surface area contributed by atoms with Crippen molar-refractivity contribution in [1.82, 2.24) is 5.32 Å². The van der Waals surface area contributed by atoms with E-state index in [4.69, 9.17) is 0 Å². The van der Waals surface area contributed by atoms with Gasteiger partial charge in [0, 0.05) is 30.6 Å². The van der Waals surface area contributed by atoms with Crippen LogP contribution in [0.2, 0.25) is 0 Å². The number of carbonyl (C=O) groups is 1. The molecule has 0 fully saturated rings. The van der Waals surface area contributed by atoms with Crippen molar-refractivity contribution >= 4 is 34.7 Å². The maximum absolute atomic E-state index is 11.0. The molecule has 1 heterocycles. The number of carbonyl (C=O) groups excluding carboxylic acids is 1. The summed E-state index contributed by atoms with van der Waals surface area (Å²) in [6.07, 6.45) is 1.97. The number of thioether (sulfide) groups is 1. The Labute approximate surface area is 116 Å². The first-order valence-corrected chi connectivity index (χ1v) is 7.98. The van der Waals surface area contributed by atoms with Crippen LogP contribution in [0.25, 0.3) is 0 Å². The summed E-state index contributed by atoms with van der Waals surface area (Å²) >= 11 is 3.22. The normalized spacial score (nSPS) is 14.2. The first-order chi connectivity index (χ1) is 8.44. The minimum atomic E-state index is -0.704. The molecule has 1 unspecified atom stereocenters. The number of aliphatic hydroxyl groups is 1. The number of rotatable bonds is 7. The number of hydrogen-bond donors (Lipinski definition) is 3. The number of anilines is 1. The lowest BCUT2D eigenvalue weighted by Gasteiger charge is -2.22. The molecule has 18 heavy (non-hydrogen) atoms. The summed E-state index contributed by atoms with van der Waals surface area (Å²) in [7, 11) is 0. The molecular weight excluding hydrogens is 268 g/mol. The van der Waals surface area contributed by atoms with Gasteiger partial charge in [0.15, 0.2) is 0 Å². The van der Waals surface area contributed by atoms with E-state index in [0.717, 1.165) is 10.6 Å². The monoisotopic (exact) mass is 288 g/mol. The largest absolute Gasteiger partial charge is 0.388 e. The molecule has 0 saturated heterocycles. The highest BCUT2D eigenvalue weighted by Gasteiger charge is 2.19. The fraction of sp³-hybridized carbons (Fsp3) is 0.583. The molecule has 1 aromatic heterocycles.